The van der Waals surface area contributed by atoms with E-state index in [2.05, 4.69) is 11.9 Å². The highest BCUT2D eigenvalue weighted by Gasteiger charge is 2.52. The molecule has 9 nitrogen and oxygen atoms in total. The highest BCUT2D eigenvalue weighted by molar-refractivity contribution is 6.09. The summed E-state index contributed by atoms with van der Waals surface area (Å²) in [6.45, 7) is 6.21. The molecular formula is C30H35N3O6. The van der Waals surface area contributed by atoms with Gasteiger partial charge in [0.25, 0.3) is 11.8 Å². The van der Waals surface area contributed by atoms with E-state index < -0.39 is 17.4 Å². The molecule has 0 bridgehead atoms. The van der Waals surface area contributed by atoms with Gasteiger partial charge in [-0.05, 0) is 55.3 Å². The monoisotopic (exact) mass is 533 g/mol. The highest BCUT2D eigenvalue weighted by atomic mass is 16.5. The minimum absolute atomic E-state index is 0.0621. The van der Waals surface area contributed by atoms with Gasteiger partial charge in [-0.1, -0.05) is 25.2 Å². The summed E-state index contributed by atoms with van der Waals surface area (Å²) in [5, 5.41) is 24.2. The fourth-order valence-corrected chi connectivity index (χ4v) is 5.26. The van der Waals surface area contributed by atoms with Crippen LogP contribution in [0.4, 0.5) is 11.4 Å². The fraction of sp³-hybridized carbons (Fsp3) is 0.367. The summed E-state index contributed by atoms with van der Waals surface area (Å²) in [6, 6.07) is 11.5. The van der Waals surface area contributed by atoms with E-state index in [1.54, 1.807) is 79.6 Å². The molecule has 4 rings (SSSR count). The van der Waals surface area contributed by atoms with Crippen LogP contribution in [0.3, 0.4) is 0 Å². The van der Waals surface area contributed by atoms with Gasteiger partial charge in [-0.3, -0.25) is 14.4 Å². The molecule has 0 saturated carbocycles. The summed E-state index contributed by atoms with van der Waals surface area (Å²) in [6.07, 6.45) is 6.66. The molecule has 0 spiro atoms. The summed E-state index contributed by atoms with van der Waals surface area (Å²) in [4.78, 5) is 42.2. The van der Waals surface area contributed by atoms with Crippen LogP contribution in [0.15, 0.2) is 67.3 Å². The van der Waals surface area contributed by atoms with E-state index in [-0.39, 0.29) is 37.4 Å². The molecule has 1 fully saturated rings. The zero-order valence-electron chi connectivity index (χ0n) is 22.3. The van der Waals surface area contributed by atoms with Gasteiger partial charge in [-0.15, -0.1) is 6.58 Å². The SMILES string of the molecule is C=CCN1C(=O)[C@@](O)([C@@H](C)/C=C/CC(=O)N2CCC[C@H]2CO)c2cc(NC(=O)c3ccc(OC)cc3)ccc21. The third-order valence-corrected chi connectivity index (χ3v) is 7.48. The van der Waals surface area contributed by atoms with Crippen LogP contribution < -0.4 is 15.0 Å². The normalized spacial score (nSPS) is 21.2. The van der Waals surface area contributed by atoms with E-state index >= 15 is 0 Å². The first kappa shape index (κ1) is 28.1. The number of nitrogens with zero attached hydrogens (tertiary/aromatic N) is 2. The van der Waals surface area contributed by atoms with Crippen molar-refractivity contribution >= 4 is 29.1 Å². The van der Waals surface area contributed by atoms with E-state index in [1.807, 2.05) is 0 Å². The Morgan fingerprint density at radius 1 is 1.26 bits per heavy atom. The van der Waals surface area contributed by atoms with Crippen molar-refractivity contribution in [1.82, 2.24) is 4.90 Å². The van der Waals surface area contributed by atoms with Crippen LogP contribution in [-0.2, 0) is 15.2 Å². The molecule has 2 aromatic carbocycles. The van der Waals surface area contributed by atoms with Crippen LogP contribution in [0, 0.1) is 5.92 Å². The van der Waals surface area contributed by atoms with E-state index in [1.165, 1.54) is 4.90 Å². The van der Waals surface area contributed by atoms with Crippen LogP contribution in [0.1, 0.15) is 42.1 Å². The second-order valence-electron chi connectivity index (χ2n) is 9.87. The number of nitrogens with one attached hydrogen (secondary N) is 1. The third kappa shape index (κ3) is 5.46. The van der Waals surface area contributed by atoms with Gasteiger partial charge in [0.2, 0.25) is 5.91 Å². The lowest BCUT2D eigenvalue weighted by Gasteiger charge is -2.27. The number of hydrogen-bond donors (Lipinski definition) is 3. The van der Waals surface area contributed by atoms with Gasteiger partial charge in [-0.25, -0.2) is 0 Å². The molecule has 2 aromatic rings. The number of ether oxygens (including phenoxy) is 1. The molecule has 9 heteroatoms. The van der Waals surface area contributed by atoms with Gasteiger partial charge < -0.3 is 30.1 Å². The van der Waals surface area contributed by atoms with Crippen molar-refractivity contribution < 1.29 is 29.3 Å². The minimum atomic E-state index is -1.90. The number of methoxy groups -OCH3 is 1. The molecule has 0 aliphatic carbocycles. The second kappa shape index (κ2) is 11.8. The Morgan fingerprint density at radius 2 is 2.00 bits per heavy atom. The molecule has 0 radical (unpaired) electrons. The number of carbonyl (C=O) groups is 3. The Bertz CT molecular complexity index is 1270. The van der Waals surface area contributed by atoms with E-state index in [9.17, 15) is 24.6 Å². The molecule has 0 aromatic heterocycles. The molecule has 206 valence electrons. The lowest BCUT2D eigenvalue weighted by atomic mass is 9.82. The first-order valence-electron chi connectivity index (χ1n) is 13.1. The molecule has 3 atom stereocenters. The van der Waals surface area contributed by atoms with Crippen molar-refractivity contribution in [2.24, 2.45) is 5.92 Å². The van der Waals surface area contributed by atoms with Crippen LogP contribution in [0.25, 0.3) is 0 Å². The number of amides is 3. The predicted octanol–water partition coefficient (Wildman–Crippen LogP) is 3.23. The molecule has 3 amide bonds. The summed E-state index contributed by atoms with van der Waals surface area (Å²) >= 11 is 0. The lowest BCUT2D eigenvalue weighted by Crippen LogP contribution is -2.44. The largest absolute Gasteiger partial charge is 0.497 e. The summed E-state index contributed by atoms with van der Waals surface area (Å²) in [5.74, 6) is -0.988. The molecule has 2 aliphatic rings. The molecule has 2 aliphatic heterocycles. The van der Waals surface area contributed by atoms with Gasteiger partial charge in [0.05, 0.1) is 25.4 Å². The zero-order chi connectivity index (χ0) is 28.2. The van der Waals surface area contributed by atoms with Gasteiger partial charge in [-0.2, -0.15) is 0 Å². The van der Waals surface area contributed by atoms with Crippen molar-refractivity contribution in [2.45, 2.75) is 37.8 Å². The van der Waals surface area contributed by atoms with E-state index in [4.69, 9.17) is 4.74 Å². The van der Waals surface area contributed by atoms with Crippen LogP contribution in [0.2, 0.25) is 0 Å². The molecule has 3 N–H and O–H groups in total. The minimum Gasteiger partial charge on any atom is -0.497 e. The maximum Gasteiger partial charge on any atom is 0.264 e. The zero-order valence-corrected chi connectivity index (χ0v) is 22.3. The summed E-state index contributed by atoms with van der Waals surface area (Å²) < 4.78 is 5.14. The number of aliphatic hydroxyl groups excluding tert-OH is 1. The van der Waals surface area contributed by atoms with Crippen molar-refractivity contribution in [2.75, 3.05) is 37.0 Å². The topological polar surface area (TPSA) is 119 Å². The van der Waals surface area contributed by atoms with Gasteiger partial charge >= 0.3 is 0 Å². The van der Waals surface area contributed by atoms with Crippen LogP contribution in [0.5, 0.6) is 5.75 Å². The average Bonchev–Trinajstić information content (AvgIpc) is 3.51. The summed E-state index contributed by atoms with van der Waals surface area (Å²) in [7, 11) is 1.55. The number of anilines is 2. The number of aliphatic hydroxyl groups is 2. The predicted molar refractivity (Wildman–Crippen MR) is 149 cm³/mol. The maximum atomic E-state index is 13.5. The Hall–Kier alpha value is -3.95. The smallest absolute Gasteiger partial charge is 0.264 e. The van der Waals surface area contributed by atoms with E-state index in [0.717, 1.165) is 12.8 Å². The van der Waals surface area contributed by atoms with Gasteiger partial charge in [0.15, 0.2) is 5.60 Å². The molecule has 1 saturated heterocycles. The quantitative estimate of drug-likeness (QED) is 0.404. The number of hydrogen-bond acceptors (Lipinski definition) is 6. The Morgan fingerprint density at radius 3 is 2.67 bits per heavy atom. The molecule has 39 heavy (non-hydrogen) atoms. The second-order valence-corrected chi connectivity index (χ2v) is 9.87. The van der Waals surface area contributed by atoms with Gasteiger partial charge in [0, 0.05) is 42.2 Å². The Labute approximate surface area is 228 Å². The van der Waals surface area contributed by atoms with Crippen molar-refractivity contribution in [3.8, 4) is 5.75 Å². The number of carbonyl (C=O) groups excluding carboxylic acids is 3. The van der Waals surface area contributed by atoms with Crippen molar-refractivity contribution in [3.05, 3.63) is 78.4 Å². The lowest BCUT2D eigenvalue weighted by molar-refractivity contribution is -0.139. The highest BCUT2D eigenvalue weighted by Crippen LogP contribution is 2.46. The standard InChI is InChI=1S/C30H35N3O6/c1-4-16-33-26-15-12-22(31-28(36)21-10-13-24(39-3)14-11-21)18-25(26)30(38,29(33)37)20(2)7-5-9-27(35)32-17-6-8-23(32)19-34/h4-5,7,10-15,18,20,23,34,38H,1,6,8-9,16-17,19H2,2-3H3,(H,31,36)/b7-5+/t20-,23-,30+/m0/s1. The summed E-state index contributed by atoms with van der Waals surface area (Å²) in [5.41, 5.74) is -0.149. The van der Waals surface area contributed by atoms with Crippen molar-refractivity contribution in [3.63, 3.8) is 0 Å². The number of likely N-dealkylation sites (tertiary alicyclic amines) is 1. The molecular weight excluding hydrogens is 498 g/mol. The van der Waals surface area contributed by atoms with Crippen LogP contribution >= 0.6 is 0 Å². The first-order valence-corrected chi connectivity index (χ1v) is 13.1. The Balaban J connectivity index is 1.56. The van der Waals surface area contributed by atoms with Gasteiger partial charge in [0.1, 0.15) is 5.75 Å². The Kier molecular flexibility index (Phi) is 8.52. The third-order valence-electron chi connectivity index (χ3n) is 7.48. The number of fused-ring (bicyclic) bond motifs is 1. The fourth-order valence-electron chi connectivity index (χ4n) is 5.26. The molecule has 0 unspecified atom stereocenters. The average molecular weight is 534 g/mol. The first-order chi connectivity index (χ1) is 18.7. The number of rotatable bonds is 10. The van der Waals surface area contributed by atoms with Crippen molar-refractivity contribution in [1.29, 1.82) is 0 Å². The maximum absolute atomic E-state index is 13.5. The van der Waals surface area contributed by atoms with Crippen LogP contribution in [-0.4, -0.2) is 65.7 Å². The molecule has 2 heterocycles. The van der Waals surface area contributed by atoms with E-state index in [0.29, 0.717) is 34.8 Å². The number of benzene rings is 2.